The van der Waals surface area contributed by atoms with Crippen LogP contribution in [0, 0.1) is 0 Å². The van der Waals surface area contributed by atoms with Crippen LogP contribution in [-0.2, 0) is 14.3 Å². The number of nitrogens with zero attached hydrogens (tertiary/aromatic N) is 1. The molecule has 0 spiro atoms. The zero-order valence-electron chi connectivity index (χ0n) is 9.71. The number of thioether (sulfide) groups is 1. The van der Waals surface area contributed by atoms with Crippen molar-refractivity contribution in [1.29, 1.82) is 0 Å². The average molecular weight is 362 g/mol. The van der Waals surface area contributed by atoms with Crippen LogP contribution in [0.5, 0.6) is 0 Å². The number of amides is 1. The summed E-state index contributed by atoms with van der Waals surface area (Å²) in [5.74, 6) is -0.309. The normalized spacial score (nSPS) is 17.4. The Labute approximate surface area is 127 Å². The first kappa shape index (κ1) is 14.3. The number of carbonyl (C=O) groups excluding carboxylic acids is 2. The molecule has 2 rings (SSSR count). The summed E-state index contributed by atoms with van der Waals surface area (Å²) < 4.78 is 10.7. The second kappa shape index (κ2) is 5.89. The van der Waals surface area contributed by atoms with Crippen LogP contribution in [0.1, 0.15) is 5.76 Å². The fraction of sp³-hybridized carbons (Fsp3) is 0.182. The minimum Gasteiger partial charge on any atom is -0.468 e. The smallest absolute Gasteiger partial charge is 0.325 e. The Morgan fingerprint density at radius 2 is 2.37 bits per heavy atom. The molecular weight excluding hydrogens is 354 g/mol. The number of carbonyl (C=O) groups is 2. The van der Waals surface area contributed by atoms with E-state index in [0.717, 1.165) is 11.8 Å². The molecule has 1 saturated heterocycles. The van der Waals surface area contributed by atoms with Gasteiger partial charge in [-0.05, 0) is 28.1 Å². The van der Waals surface area contributed by atoms with Gasteiger partial charge in [-0.25, -0.2) is 0 Å². The van der Waals surface area contributed by atoms with Crippen molar-refractivity contribution in [2.45, 2.75) is 0 Å². The van der Waals surface area contributed by atoms with E-state index in [1.54, 1.807) is 18.2 Å². The van der Waals surface area contributed by atoms with E-state index in [1.807, 2.05) is 0 Å². The molecule has 1 aromatic heterocycles. The standard InChI is InChI=1S/C11H8BrNO4S2/c1-16-9(14)5-13-10(15)7(19-11(13)18)4-6-2-3-8(12)17-6/h2-4H,5H2,1H3. The third-order valence-corrected chi connectivity index (χ3v) is 4.06. The monoisotopic (exact) mass is 361 g/mol. The van der Waals surface area contributed by atoms with Gasteiger partial charge in [-0.15, -0.1) is 0 Å². The van der Waals surface area contributed by atoms with Crippen molar-refractivity contribution in [2.24, 2.45) is 0 Å². The van der Waals surface area contributed by atoms with Gasteiger partial charge in [0, 0.05) is 6.08 Å². The SMILES string of the molecule is COC(=O)CN1C(=O)C(=Cc2ccc(Br)o2)SC1=S. The van der Waals surface area contributed by atoms with Crippen molar-refractivity contribution in [2.75, 3.05) is 13.7 Å². The minimum atomic E-state index is -0.515. The Morgan fingerprint density at radius 3 is 2.95 bits per heavy atom. The number of esters is 1. The average Bonchev–Trinajstić information content (AvgIpc) is 2.88. The Hall–Kier alpha value is -1.12. The van der Waals surface area contributed by atoms with Crippen LogP contribution in [0.4, 0.5) is 0 Å². The van der Waals surface area contributed by atoms with Gasteiger partial charge in [0.2, 0.25) is 0 Å². The molecule has 0 aliphatic carbocycles. The first-order valence-corrected chi connectivity index (χ1v) is 7.10. The maximum absolute atomic E-state index is 12.1. The van der Waals surface area contributed by atoms with E-state index in [2.05, 4.69) is 20.7 Å². The Morgan fingerprint density at radius 1 is 1.63 bits per heavy atom. The van der Waals surface area contributed by atoms with E-state index in [9.17, 15) is 9.59 Å². The molecular formula is C11H8BrNO4S2. The predicted octanol–water partition coefficient (Wildman–Crippen LogP) is 2.42. The summed E-state index contributed by atoms with van der Waals surface area (Å²) in [7, 11) is 1.26. The number of furan rings is 1. The largest absolute Gasteiger partial charge is 0.468 e. The van der Waals surface area contributed by atoms with Crippen LogP contribution in [0.25, 0.3) is 6.08 Å². The summed E-state index contributed by atoms with van der Waals surface area (Å²) in [5.41, 5.74) is 0. The van der Waals surface area contributed by atoms with Crippen LogP contribution in [0.2, 0.25) is 0 Å². The molecule has 1 aliphatic heterocycles. The van der Waals surface area contributed by atoms with Crippen LogP contribution in [0.3, 0.4) is 0 Å². The lowest BCUT2D eigenvalue weighted by Gasteiger charge is -2.11. The maximum atomic E-state index is 12.1. The number of thiocarbonyl (C=S) groups is 1. The molecule has 8 heteroatoms. The molecule has 1 fully saturated rings. The van der Waals surface area contributed by atoms with E-state index in [1.165, 1.54) is 12.0 Å². The fourth-order valence-corrected chi connectivity index (χ4v) is 2.92. The first-order valence-electron chi connectivity index (χ1n) is 5.09. The van der Waals surface area contributed by atoms with Crippen LogP contribution < -0.4 is 0 Å². The van der Waals surface area contributed by atoms with Crippen molar-refractivity contribution in [3.63, 3.8) is 0 Å². The highest BCUT2D eigenvalue weighted by Crippen LogP contribution is 2.32. The van der Waals surface area contributed by atoms with Crippen LogP contribution in [0.15, 0.2) is 26.1 Å². The third-order valence-electron chi connectivity index (χ3n) is 2.26. The summed E-state index contributed by atoms with van der Waals surface area (Å²) in [6, 6.07) is 3.44. The van der Waals surface area contributed by atoms with Crippen molar-refractivity contribution in [1.82, 2.24) is 4.90 Å². The molecule has 0 bridgehead atoms. The minimum absolute atomic E-state index is 0.180. The molecule has 2 heterocycles. The molecule has 5 nitrogen and oxygen atoms in total. The van der Waals surface area contributed by atoms with Gasteiger partial charge in [0.15, 0.2) is 4.67 Å². The van der Waals surface area contributed by atoms with E-state index in [-0.39, 0.29) is 12.5 Å². The molecule has 1 amide bonds. The van der Waals surface area contributed by atoms with Gasteiger partial charge in [-0.1, -0.05) is 24.0 Å². The van der Waals surface area contributed by atoms with Gasteiger partial charge in [0.1, 0.15) is 16.6 Å². The molecule has 0 saturated carbocycles. The lowest BCUT2D eigenvalue weighted by atomic mass is 10.3. The van der Waals surface area contributed by atoms with Crippen LogP contribution >= 0.6 is 39.9 Å². The predicted molar refractivity (Wildman–Crippen MR) is 78.3 cm³/mol. The van der Waals surface area contributed by atoms with Gasteiger partial charge in [0.05, 0.1) is 12.0 Å². The number of methoxy groups -OCH3 is 1. The van der Waals surface area contributed by atoms with Gasteiger partial charge in [-0.2, -0.15) is 0 Å². The van der Waals surface area contributed by atoms with E-state index in [4.69, 9.17) is 16.6 Å². The first-order chi connectivity index (χ1) is 9.01. The summed E-state index contributed by atoms with van der Waals surface area (Å²) in [6.07, 6.45) is 1.58. The number of halogens is 1. The van der Waals surface area contributed by atoms with E-state index >= 15 is 0 Å². The lowest BCUT2D eigenvalue weighted by molar-refractivity contribution is -0.143. The third kappa shape index (κ3) is 3.26. The van der Waals surface area contributed by atoms with Crippen LogP contribution in [-0.4, -0.2) is 34.8 Å². The van der Waals surface area contributed by atoms with E-state index in [0.29, 0.717) is 19.7 Å². The highest BCUT2D eigenvalue weighted by molar-refractivity contribution is 9.10. The zero-order valence-corrected chi connectivity index (χ0v) is 12.9. The molecule has 100 valence electrons. The Balaban J connectivity index is 2.18. The number of hydrogen-bond acceptors (Lipinski definition) is 6. The van der Waals surface area contributed by atoms with Gasteiger partial charge in [-0.3, -0.25) is 14.5 Å². The second-order valence-corrected chi connectivity index (χ2v) is 5.94. The number of ether oxygens (including phenoxy) is 1. The van der Waals surface area contributed by atoms with Gasteiger partial charge in [0.25, 0.3) is 5.91 Å². The molecule has 1 aliphatic rings. The van der Waals surface area contributed by atoms with Crippen molar-refractivity contribution >= 4 is 62.2 Å². The quantitative estimate of drug-likeness (QED) is 0.468. The molecule has 0 N–H and O–H groups in total. The van der Waals surface area contributed by atoms with Crippen molar-refractivity contribution in [3.8, 4) is 0 Å². The summed E-state index contributed by atoms with van der Waals surface area (Å²) in [6.45, 7) is -0.180. The number of rotatable bonds is 3. The Kier molecular flexibility index (Phi) is 4.43. The summed E-state index contributed by atoms with van der Waals surface area (Å²) in [4.78, 5) is 24.9. The fourth-order valence-electron chi connectivity index (χ4n) is 1.37. The maximum Gasteiger partial charge on any atom is 0.325 e. The Bertz CT molecular complexity index is 581. The van der Waals surface area contributed by atoms with Gasteiger partial charge < -0.3 is 9.15 Å². The highest BCUT2D eigenvalue weighted by Gasteiger charge is 2.33. The zero-order chi connectivity index (χ0) is 14.0. The number of hydrogen-bond donors (Lipinski definition) is 0. The van der Waals surface area contributed by atoms with Gasteiger partial charge >= 0.3 is 5.97 Å². The molecule has 0 atom stereocenters. The van der Waals surface area contributed by atoms with E-state index < -0.39 is 5.97 Å². The lowest BCUT2D eigenvalue weighted by Crippen LogP contribution is -2.33. The molecule has 0 unspecified atom stereocenters. The topological polar surface area (TPSA) is 59.8 Å². The molecule has 1 aromatic rings. The van der Waals surface area contributed by atoms with Crippen molar-refractivity contribution in [3.05, 3.63) is 27.5 Å². The summed E-state index contributed by atoms with van der Waals surface area (Å²) in [5, 5.41) is 0. The highest BCUT2D eigenvalue weighted by atomic mass is 79.9. The molecule has 19 heavy (non-hydrogen) atoms. The molecule has 0 radical (unpaired) electrons. The molecule has 0 aromatic carbocycles. The van der Waals surface area contributed by atoms with Crippen molar-refractivity contribution < 1.29 is 18.7 Å². The summed E-state index contributed by atoms with van der Waals surface area (Å²) >= 11 is 9.36. The second-order valence-electron chi connectivity index (χ2n) is 3.49.